The first-order valence-corrected chi connectivity index (χ1v) is 16.8. The Labute approximate surface area is 280 Å². The molecule has 1 aromatic carbocycles. The number of nitrogens with one attached hydrogen (secondary N) is 2. The Morgan fingerprint density at radius 3 is 2.29 bits per heavy atom. The van der Waals surface area contributed by atoms with Crippen LogP contribution in [0.25, 0.3) is 5.52 Å². The molecule has 3 aromatic rings. The van der Waals surface area contributed by atoms with E-state index in [0.29, 0.717) is 37.2 Å². The van der Waals surface area contributed by atoms with Crippen molar-refractivity contribution in [2.75, 3.05) is 38.2 Å². The van der Waals surface area contributed by atoms with E-state index in [-0.39, 0.29) is 53.0 Å². The van der Waals surface area contributed by atoms with Crippen molar-refractivity contribution in [1.29, 1.82) is 5.26 Å². The van der Waals surface area contributed by atoms with Gasteiger partial charge in [0.25, 0.3) is 5.91 Å². The number of piperazine rings is 1. The van der Waals surface area contributed by atoms with Crippen LogP contribution in [0, 0.1) is 17.2 Å². The quantitative estimate of drug-likeness (QED) is 0.301. The third-order valence-electron chi connectivity index (χ3n) is 8.26. The Balaban J connectivity index is 1.61. The van der Waals surface area contributed by atoms with Crippen LogP contribution in [0.5, 0.6) is 5.75 Å². The highest BCUT2D eigenvalue weighted by Gasteiger charge is 2.54. The van der Waals surface area contributed by atoms with Gasteiger partial charge < -0.3 is 14.5 Å². The molecule has 0 spiro atoms. The average Bonchev–Trinajstić information content (AvgIpc) is 3.80. The number of benzene rings is 1. The first-order chi connectivity index (χ1) is 22.7. The van der Waals surface area contributed by atoms with Crippen LogP contribution >= 0.6 is 11.6 Å². The number of sulfonamides is 1. The minimum Gasteiger partial charge on any atom is -0.497 e. The monoisotopic (exact) mass is 706 g/mol. The summed E-state index contributed by atoms with van der Waals surface area (Å²) in [7, 11) is -2.98. The zero-order valence-corrected chi connectivity index (χ0v) is 27.8. The number of nitriles is 1. The van der Waals surface area contributed by atoms with Gasteiger partial charge in [-0.25, -0.2) is 13.4 Å². The fourth-order valence-corrected chi connectivity index (χ4v) is 7.49. The third kappa shape index (κ3) is 6.73. The number of nitrogens with zero attached hydrogens (tertiary/aromatic N) is 6. The van der Waals surface area contributed by atoms with Crippen LogP contribution in [0.4, 0.5) is 14.6 Å². The van der Waals surface area contributed by atoms with E-state index < -0.39 is 39.5 Å². The second kappa shape index (κ2) is 13.5. The van der Waals surface area contributed by atoms with Gasteiger partial charge in [-0.2, -0.15) is 18.3 Å². The van der Waals surface area contributed by atoms with Gasteiger partial charge in [-0.3, -0.25) is 29.6 Å². The molecule has 3 heterocycles. The predicted molar refractivity (Wildman–Crippen MR) is 169 cm³/mol. The number of hydrogen-bond acceptors (Lipinski definition) is 9. The summed E-state index contributed by atoms with van der Waals surface area (Å²) in [4.78, 5) is 44.4. The third-order valence-corrected chi connectivity index (χ3v) is 10.4. The van der Waals surface area contributed by atoms with Gasteiger partial charge in [0.2, 0.25) is 21.2 Å². The van der Waals surface area contributed by atoms with Gasteiger partial charge in [0, 0.05) is 38.6 Å². The zero-order valence-electron chi connectivity index (χ0n) is 26.2. The highest BCUT2D eigenvalue weighted by atomic mass is 35.5. The Kier molecular flexibility index (Phi) is 9.81. The smallest absolute Gasteiger partial charge is 0.317 e. The van der Waals surface area contributed by atoms with E-state index in [1.807, 2.05) is 5.43 Å². The number of ether oxygens (including phenoxy) is 1. The molecule has 1 saturated heterocycles. The van der Waals surface area contributed by atoms with Gasteiger partial charge in [0.05, 0.1) is 23.6 Å². The summed E-state index contributed by atoms with van der Waals surface area (Å²) < 4.78 is 62.3. The van der Waals surface area contributed by atoms with E-state index in [9.17, 15) is 36.8 Å². The van der Waals surface area contributed by atoms with E-state index in [1.165, 1.54) is 17.6 Å². The lowest BCUT2D eigenvalue weighted by Gasteiger charge is -2.37. The predicted octanol–water partition coefficient (Wildman–Crippen LogP) is 2.57. The topological polar surface area (TPSA) is 169 Å². The van der Waals surface area contributed by atoms with E-state index in [1.54, 1.807) is 53.3 Å². The summed E-state index contributed by atoms with van der Waals surface area (Å²) in [6.07, 6.45) is -2.81. The van der Waals surface area contributed by atoms with Crippen molar-refractivity contribution in [3.63, 3.8) is 0 Å². The second-order valence-corrected chi connectivity index (χ2v) is 13.9. The summed E-state index contributed by atoms with van der Waals surface area (Å²) >= 11 is 6.51. The number of imidazole rings is 1. The Morgan fingerprint density at radius 2 is 1.75 bits per heavy atom. The summed E-state index contributed by atoms with van der Waals surface area (Å²) in [5, 5.41) is 9.86. The number of carbonyl (C=O) groups excluding carboxylic acids is 3. The number of aromatic nitrogens is 2. The number of hydrogen-bond donors (Lipinski definition) is 2. The van der Waals surface area contributed by atoms with Crippen LogP contribution in [-0.4, -0.2) is 90.0 Å². The molecule has 0 radical (unpaired) electrons. The van der Waals surface area contributed by atoms with Gasteiger partial charge in [0.15, 0.2) is 5.69 Å². The van der Waals surface area contributed by atoms with Crippen LogP contribution < -0.4 is 20.5 Å². The van der Waals surface area contributed by atoms with Crippen molar-refractivity contribution in [2.24, 2.45) is 5.92 Å². The summed E-state index contributed by atoms with van der Waals surface area (Å²) in [5.74, 6) is -2.38. The van der Waals surface area contributed by atoms with E-state index in [4.69, 9.17) is 16.3 Å². The van der Waals surface area contributed by atoms with Gasteiger partial charge in [0.1, 0.15) is 17.1 Å². The first-order valence-electron chi connectivity index (χ1n) is 14.9. The number of carbonyl (C=O) groups is 3. The second-order valence-electron chi connectivity index (χ2n) is 11.7. The fourth-order valence-electron chi connectivity index (χ4n) is 5.45. The number of anilines is 1. The standard InChI is InChI=1S/C30H33ClF2N8O6S/c1-18(2)28(44)39-12-10-38(11-13-39)23-15-21(14-22-24(35-29(31)41(22)23)26(42)36-37-27(43)25(32)33)48(45,46)40(30(17-34)8-9-30)16-19-4-6-20(47-3)7-5-19/h4-7,14-15,18,25H,8-13,16H2,1-3H3,(H,36,42)(H,37,43). The molecule has 1 aliphatic heterocycles. The number of alkyl halides is 2. The Morgan fingerprint density at radius 1 is 1.10 bits per heavy atom. The SMILES string of the molecule is COc1ccc(CN(C2(C#N)CC2)S(=O)(=O)c2cc(N3CCN(C(=O)C(C)C)CC3)n3c(Cl)nc(C(=O)NNC(=O)C(F)F)c3c2)cc1. The highest BCUT2D eigenvalue weighted by Crippen LogP contribution is 2.45. The molecule has 1 aliphatic carbocycles. The maximum atomic E-state index is 14.6. The number of methoxy groups -OCH3 is 1. The summed E-state index contributed by atoms with van der Waals surface area (Å²) in [6, 6.07) is 11.4. The van der Waals surface area contributed by atoms with E-state index in [2.05, 4.69) is 11.1 Å². The van der Waals surface area contributed by atoms with E-state index in [0.717, 1.165) is 10.4 Å². The normalized spacial score (nSPS) is 15.9. The van der Waals surface area contributed by atoms with Crippen LogP contribution in [0.1, 0.15) is 42.7 Å². The molecule has 0 atom stereocenters. The van der Waals surface area contributed by atoms with Crippen LogP contribution in [0.2, 0.25) is 5.28 Å². The number of pyridine rings is 1. The Hall–Kier alpha value is -4.53. The molecule has 18 heteroatoms. The van der Waals surface area contributed by atoms with Crippen molar-refractivity contribution in [1.82, 2.24) is 29.4 Å². The lowest BCUT2D eigenvalue weighted by Crippen LogP contribution is -2.50. The van der Waals surface area contributed by atoms with Gasteiger partial charge in [-0.15, -0.1) is 0 Å². The number of rotatable bonds is 10. The van der Waals surface area contributed by atoms with Crippen molar-refractivity contribution in [3.05, 3.63) is 52.9 Å². The molecule has 14 nitrogen and oxygen atoms in total. The molecule has 0 unspecified atom stereocenters. The molecule has 5 rings (SSSR count). The van der Waals surface area contributed by atoms with Crippen molar-refractivity contribution in [3.8, 4) is 11.8 Å². The highest BCUT2D eigenvalue weighted by molar-refractivity contribution is 7.89. The van der Waals surface area contributed by atoms with Crippen molar-refractivity contribution < 1.29 is 36.3 Å². The van der Waals surface area contributed by atoms with Crippen LogP contribution in [-0.2, 0) is 26.2 Å². The number of halogens is 3. The summed E-state index contributed by atoms with van der Waals surface area (Å²) in [5.41, 5.74) is 2.17. The molecule has 2 N–H and O–H groups in total. The van der Waals surface area contributed by atoms with Crippen molar-refractivity contribution >= 4 is 50.7 Å². The lowest BCUT2D eigenvalue weighted by atomic mass is 10.1. The van der Waals surface area contributed by atoms with E-state index >= 15 is 0 Å². The number of hydrazine groups is 1. The number of amides is 3. The largest absolute Gasteiger partial charge is 0.497 e. The minimum absolute atomic E-state index is 0.0398. The zero-order chi connectivity index (χ0) is 35.0. The lowest BCUT2D eigenvalue weighted by molar-refractivity contribution is -0.134. The molecule has 48 heavy (non-hydrogen) atoms. The van der Waals surface area contributed by atoms with Gasteiger partial charge >= 0.3 is 12.3 Å². The molecular weight excluding hydrogens is 674 g/mol. The van der Waals surface area contributed by atoms with Crippen molar-refractivity contribution in [2.45, 2.75) is 50.1 Å². The molecular formula is C30H33ClF2N8O6S. The molecule has 256 valence electrons. The molecule has 2 aromatic heterocycles. The average molecular weight is 707 g/mol. The fraction of sp³-hybridized carbons (Fsp3) is 0.433. The maximum absolute atomic E-state index is 14.6. The molecule has 1 saturated carbocycles. The summed E-state index contributed by atoms with van der Waals surface area (Å²) in [6.45, 7) is 4.61. The molecule has 2 fully saturated rings. The Bertz CT molecular complexity index is 1890. The molecule has 0 bridgehead atoms. The van der Waals surface area contributed by atoms with Crippen LogP contribution in [0.15, 0.2) is 41.3 Å². The van der Waals surface area contributed by atoms with Crippen LogP contribution in [0.3, 0.4) is 0 Å². The molecule has 2 aliphatic rings. The van der Waals surface area contributed by atoms with Gasteiger partial charge in [-0.05, 0) is 54.3 Å². The number of fused-ring (bicyclic) bond motifs is 1. The molecule has 3 amide bonds. The minimum atomic E-state index is -4.48. The maximum Gasteiger partial charge on any atom is 0.317 e. The first kappa shape index (κ1) is 34.8. The van der Waals surface area contributed by atoms with Gasteiger partial charge in [-0.1, -0.05) is 26.0 Å².